The Morgan fingerprint density at radius 3 is 3.06 bits per heavy atom. The van der Waals surface area contributed by atoms with Gasteiger partial charge in [0, 0.05) is 6.54 Å². The summed E-state index contributed by atoms with van der Waals surface area (Å²) in [5.41, 5.74) is 1.15. The zero-order valence-electron chi connectivity index (χ0n) is 8.68. The Labute approximate surface area is 104 Å². The molecule has 2 nitrogen and oxygen atoms in total. The van der Waals surface area contributed by atoms with Crippen LogP contribution in [0.2, 0.25) is 0 Å². The lowest BCUT2D eigenvalue weighted by atomic mass is 10.2. The Kier molecular flexibility index (Phi) is 3.41. The van der Waals surface area contributed by atoms with Crippen LogP contribution in [0.5, 0.6) is 0 Å². The van der Waals surface area contributed by atoms with Crippen molar-refractivity contribution >= 4 is 34.2 Å². The number of amides is 1. The lowest BCUT2D eigenvalue weighted by Crippen LogP contribution is -2.27. The number of allylic oxidation sites excluding steroid dienone is 5. The molecule has 0 spiro atoms. The Hall–Kier alpha value is -1.13. The molecule has 0 aromatic carbocycles. The number of thioether (sulfide) groups is 1. The van der Waals surface area contributed by atoms with Crippen molar-refractivity contribution in [2.75, 3.05) is 6.54 Å². The predicted octanol–water partition coefficient (Wildman–Crippen LogP) is 2.80. The number of thiocarbonyl (C=S) groups is 1. The van der Waals surface area contributed by atoms with Crippen LogP contribution in [0.15, 0.2) is 47.4 Å². The maximum atomic E-state index is 11.9. The van der Waals surface area contributed by atoms with Gasteiger partial charge in [0.1, 0.15) is 4.32 Å². The molecule has 2 aliphatic rings. The van der Waals surface area contributed by atoms with E-state index in [4.69, 9.17) is 12.2 Å². The molecule has 0 radical (unpaired) electrons. The lowest BCUT2D eigenvalue weighted by Gasteiger charge is -2.10. The summed E-state index contributed by atoms with van der Waals surface area (Å²) in [6, 6.07) is 0. The SMILES string of the molecule is C=CCN1C(=O)/C(=C\C2=CC=CC2)SC1=S. The van der Waals surface area contributed by atoms with Crippen molar-refractivity contribution in [3.05, 3.63) is 47.4 Å². The van der Waals surface area contributed by atoms with Crippen molar-refractivity contribution < 1.29 is 4.79 Å². The highest BCUT2D eigenvalue weighted by atomic mass is 32.2. The van der Waals surface area contributed by atoms with Gasteiger partial charge in [0.25, 0.3) is 5.91 Å². The third kappa shape index (κ3) is 2.18. The molecule has 0 atom stereocenters. The molecule has 1 saturated heterocycles. The molecule has 1 aliphatic carbocycles. The first-order chi connectivity index (χ1) is 7.72. The number of nitrogens with zero attached hydrogens (tertiary/aromatic N) is 1. The largest absolute Gasteiger partial charge is 0.289 e. The quantitative estimate of drug-likeness (QED) is 0.436. The van der Waals surface area contributed by atoms with E-state index in [2.05, 4.69) is 12.7 Å². The highest BCUT2D eigenvalue weighted by Crippen LogP contribution is 2.32. The number of hydrogen-bond acceptors (Lipinski definition) is 3. The second-order valence-electron chi connectivity index (χ2n) is 3.45. The predicted molar refractivity (Wildman–Crippen MR) is 72.0 cm³/mol. The normalized spacial score (nSPS) is 22.1. The zero-order valence-corrected chi connectivity index (χ0v) is 10.3. The summed E-state index contributed by atoms with van der Waals surface area (Å²) in [4.78, 5) is 14.2. The van der Waals surface area contributed by atoms with E-state index in [9.17, 15) is 4.79 Å². The van der Waals surface area contributed by atoms with Crippen molar-refractivity contribution in [3.63, 3.8) is 0 Å². The molecule has 0 N–H and O–H groups in total. The minimum absolute atomic E-state index is 0.0114. The van der Waals surface area contributed by atoms with Crippen molar-refractivity contribution in [3.8, 4) is 0 Å². The molecule has 1 fully saturated rings. The van der Waals surface area contributed by atoms with Crippen molar-refractivity contribution in [1.29, 1.82) is 0 Å². The highest BCUT2D eigenvalue weighted by molar-refractivity contribution is 8.26. The van der Waals surface area contributed by atoms with Gasteiger partial charge in [-0.2, -0.15) is 0 Å². The summed E-state index contributed by atoms with van der Waals surface area (Å²) < 4.78 is 0.614. The van der Waals surface area contributed by atoms with Crippen LogP contribution < -0.4 is 0 Å². The Morgan fingerprint density at radius 2 is 2.44 bits per heavy atom. The molecule has 4 heteroatoms. The average molecular weight is 249 g/mol. The smallest absolute Gasteiger partial charge is 0.266 e. The zero-order chi connectivity index (χ0) is 11.5. The summed E-state index contributed by atoms with van der Waals surface area (Å²) in [6.07, 6.45) is 10.6. The van der Waals surface area contributed by atoms with Crippen LogP contribution >= 0.6 is 24.0 Å². The van der Waals surface area contributed by atoms with E-state index >= 15 is 0 Å². The topological polar surface area (TPSA) is 20.3 Å². The Morgan fingerprint density at radius 1 is 1.62 bits per heavy atom. The lowest BCUT2D eigenvalue weighted by molar-refractivity contribution is -0.121. The fraction of sp³-hybridized carbons (Fsp3) is 0.167. The molecule has 0 bridgehead atoms. The maximum Gasteiger partial charge on any atom is 0.266 e. The first kappa shape index (κ1) is 11.4. The second-order valence-corrected chi connectivity index (χ2v) is 5.13. The van der Waals surface area contributed by atoms with Crippen molar-refractivity contribution in [2.45, 2.75) is 6.42 Å². The average Bonchev–Trinajstić information content (AvgIpc) is 2.84. The van der Waals surface area contributed by atoms with Crippen LogP contribution in [-0.4, -0.2) is 21.7 Å². The van der Waals surface area contributed by atoms with Gasteiger partial charge in [-0.15, -0.1) is 6.58 Å². The highest BCUT2D eigenvalue weighted by Gasteiger charge is 2.30. The maximum absolute atomic E-state index is 11.9. The van der Waals surface area contributed by atoms with Gasteiger partial charge in [-0.1, -0.05) is 48.3 Å². The van der Waals surface area contributed by atoms with Crippen molar-refractivity contribution in [1.82, 2.24) is 4.90 Å². The van der Waals surface area contributed by atoms with Gasteiger partial charge < -0.3 is 0 Å². The Bertz CT molecular complexity index is 446. The van der Waals surface area contributed by atoms with E-state index in [0.717, 1.165) is 12.0 Å². The van der Waals surface area contributed by atoms with E-state index < -0.39 is 0 Å². The van der Waals surface area contributed by atoms with Gasteiger partial charge in [0.05, 0.1) is 4.91 Å². The van der Waals surface area contributed by atoms with Crippen LogP contribution in [-0.2, 0) is 4.79 Å². The van der Waals surface area contributed by atoms with Gasteiger partial charge in [-0.25, -0.2) is 0 Å². The molecule has 0 unspecified atom stereocenters. The van der Waals surface area contributed by atoms with Gasteiger partial charge in [0.15, 0.2) is 0 Å². The fourth-order valence-electron chi connectivity index (χ4n) is 1.53. The van der Waals surface area contributed by atoms with Crippen LogP contribution in [0.1, 0.15) is 6.42 Å². The molecular weight excluding hydrogens is 238 g/mol. The third-order valence-corrected chi connectivity index (χ3v) is 3.68. The molecule has 82 valence electrons. The molecule has 1 amide bonds. The molecular formula is C12H11NOS2. The standard InChI is InChI=1S/C12H11NOS2/c1-2-7-13-11(14)10(16-12(13)15)8-9-5-3-4-6-9/h2-5,8H,1,6-7H2/b10-8+. The van der Waals surface area contributed by atoms with E-state index in [0.29, 0.717) is 15.8 Å². The van der Waals surface area contributed by atoms with Crippen LogP contribution in [0.4, 0.5) is 0 Å². The van der Waals surface area contributed by atoms with Crippen LogP contribution in [0.3, 0.4) is 0 Å². The first-order valence-electron chi connectivity index (χ1n) is 4.94. The first-order valence-corrected chi connectivity index (χ1v) is 6.17. The van der Waals surface area contributed by atoms with Crippen molar-refractivity contribution in [2.24, 2.45) is 0 Å². The number of carbonyl (C=O) groups is 1. The van der Waals surface area contributed by atoms with Crippen LogP contribution in [0, 0.1) is 0 Å². The van der Waals surface area contributed by atoms with E-state index in [-0.39, 0.29) is 5.91 Å². The van der Waals surface area contributed by atoms with Crippen LogP contribution in [0.25, 0.3) is 0 Å². The number of rotatable bonds is 3. The monoisotopic (exact) mass is 249 g/mol. The molecule has 0 aromatic rings. The summed E-state index contributed by atoms with van der Waals surface area (Å²) in [5, 5.41) is 0. The minimum atomic E-state index is -0.0114. The van der Waals surface area contributed by atoms with Gasteiger partial charge in [0.2, 0.25) is 0 Å². The van der Waals surface area contributed by atoms with Gasteiger partial charge in [-0.3, -0.25) is 9.69 Å². The minimum Gasteiger partial charge on any atom is -0.289 e. The number of carbonyl (C=O) groups excluding carboxylic acids is 1. The van der Waals surface area contributed by atoms with Gasteiger partial charge >= 0.3 is 0 Å². The van der Waals surface area contributed by atoms with E-state index in [1.54, 1.807) is 11.0 Å². The summed E-state index contributed by atoms with van der Waals surface area (Å²) in [6.45, 7) is 4.10. The summed E-state index contributed by atoms with van der Waals surface area (Å²) >= 11 is 6.51. The molecule has 0 saturated carbocycles. The van der Waals surface area contributed by atoms with E-state index in [1.165, 1.54) is 11.8 Å². The van der Waals surface area contributed by atoms with Gasteiger partial charge in [-0.05, 0) is 18.1 Å². The third-order valence-electron chi connectivity index (χ3n) is 2.30. The second kappa shape index (κ2) is 4.80. The molecule has 16 heavy (non-hydrogen) atoms. The number of hydrogen-bond donors (Lipinski definition) is 0. The molecule has 2 rings (SSSR count). The molecule has 1 heterocycles. The van der Waals surface area contributed by atoms with E-state index in [1.807, 2.05) is 18.2 Å². The summed E-state index contributed by atoms with van der Waals surface area (Å²) in [7, 11) is 0. The Balaban J connectivity index is 2.16. The fourth-order valence-corrected chi connectivity index (χ4v) is 2.82. The molecule has 0 aromatic heterocycles. The molecule has 1 aliphatic heterocycles. The summed E-state index contributed by atoms with van der Waals surface area (Å²) in [5.74, 6) is -0.0114.